The van der Waals surface area contributed by atoms with Crippen molar-refractivity contribution in [3.63, 3.8) is 0 Å². The Balaban J connectivity index is 0.000000131. The smallest absolute Gasteiger partial charge is 0.104 e. The van der Waals surface area contributed by atoms with Crippen molar-refractivity contribution in [1.29, 1.82) is 0 Å². The van der Waals surface area contributed by atoms with Crippen LogP contribution >= 0.6 is 0 Å². The largest absolute Gasteiger partial charge is 0.376 e. The topological polar surface area (TPSA) is 34.3 Å². The highest BCUT2D eigenvalue weighted by Crippen LogP contribution is 2.37. The first kappa shape index (κ1) is 15.8. The molecule has 122 valence electrons. The lowest BCUT2D eigenvalue weighted by Crippen LogP contribution is -2.20. The molecule has 2 aliphatic heterocycles. The fourth-order valence-electron chi connectivity index (χ4n) is 3.87. The summed E-state index contributed by atoms with van der Waals surface area (Å²) in [6.45, 7) is 3.26. The van der Waals surface area contributed by atoms with Crippen molar-refractivity contribution in [3.8, 4) is 0 Å². The summed E-state index contributed by atoms with van der Waals surface area (Å²) in [4.78, 5) is 0. The Morgan fingerprint density at radius 1 is 0.619 bits per heavy atom. The SMILES string of the molecule is C(OCC1CO1)C1CO1.C1CCC(C2CCCCC2)CC1. The van der Waals surface area contributed by atoms with Gasteiger partial charge in [0.25, 0.3) is 0 Å². The third-order valence-corrected chi connectivity index (χ3v) is 5.38. The Morgan fingerprint density at radius 3 is 1.33 bits per heavy atom. The van der Waals surface area contributed by atoms with Crippen molar-refractivity contribution in [3.05, 3.63) is 0 Å². The summed E-state index contributed by atoms with van der Waals surface area (Å²) in [6, 6.07) is 0. The summed E-state index contributed by atoms with van der Waals surface area (Å²) < 4.78 is 15.1. The van der Waals surface area contributed by atoms with E-state index in [1.54, 1.807) is 25.7 Å². The van der Waals surface area contributed by atoms with Crippen LogP contribution in [0.3, 0.4) is 0 Å². The van der Waals surface area contributed by atoms with E-state index in [0.29, 0.717) is 12.2 Å². The lowest BCUT2D eigenvalue weighted by Gasteiger charge is -2.32. The van der Waals surface area contributed by atoms with Crippen LogP contribution in [-0.4, -0.2) is 38.6 Å². The maximum atomic E-state index is 5.23. The molecule has 21 heavy (non-hydrogen) atoms. The van der Waals surface area contributed by atoms with E-state index >= 15 is 0 Å². The first-order valence-electron chi connectivity index (χ1n) is 9.23. The van der Waals surface area contributed by atoms with Crippen LogP contribution in [0.25, 0.3) is 0 Å². The Labute approximate surface area is 129 Å². The summed E-state index contributed by atoms with van der Waals surface area (Å²) in [7, 11) is 0. The van der Waals surface area contributed by atoms with E-state index in [0.717, 1.165) is 38.3 Å². The summed E-state index contributed by atoms with van der Waals surface area (Å²) >= 11 is 0. The normalized spacial score (nSPS) is 33.1. The van der Waals surface area contributed by atoms with Crippen LogP contribution in [0, 0.1) is 11.8 Å². The van der Waals surface area contributed by atoms with Crippen molar-refractivity contribution in [2.75, 3.05) is 26.4 Å². The van der Waals surface area contributed by atoms with E-state index < -0.39 is 0 Å². The molecule has 2 saturated carbocycles. The molecule has 0 bridgehead atoms. The molecule has 3 nitrogen and oxygen atoms in total. The van der Waals surface area contributed by atoms with Gasteiger partial charge in [0.05, 0.1) is 26.4 Å². The molecule has 0 spiro atoms. The van der Waals surface area contributed by atoms with Crippen molar-refractivity contribution in [2.45, 2.75) is 76.4 Å². The van der Waals surface area contributed by atoms with Crippen molar-refractivity contribution < 1.29 is 14.2 Å². The second-order valence-electron chi connectivity index (χ2n) is 7.24. The van der Waals surface area contributed by atoms with E-state index in [2.05, 4.69) is 0 Å². The monoisotopic (exact) mass is 296 g/mol. The van der Waals surface area contributed by atoms with Gasteiger partial charge in [0.2, 0.25) is 0 Å². The van der Waals surface area contributed by atoms with Gasteiger partial charge in [-0.2, -0.15) is 0 Å². The van der Waals surface area contributed by atoms with Gasteiger partial charge in [-0.15, -0.1) is 0 Å². The zero-order valence-corrected chi connectivity index (χ0v) is 13.4. The van der Waals surface area contributed by atoms with E-state index in [-0.39, 0.29) is 0 Å². The molecule has 2 aliphatic carbocycles. The average Bonchev–Trinajstić information content (AvgIpc) is 3.45. The molecule has 2 atom stereocenters. The Hall–Kier alpha value is -0.120. The van der Waals surface area contributed by atoms with Gasteiger partial charge in [0.15, 0.2) is 0 Å². The predicted molar refractivity (Wildman–Crippen MR) is 83.4 cm³/mol. The number of epoxide rings is 2. The highest BCUT2D eigenvalue weighted by atomic mass is 16.6. The Bertz CT molecular complexity index is 246. The Morgan fingerprint density at radius 2 is 1.00 bits per heavy atom. The van der Waals surface area contributed by atoms with Crippen LogP contribution < -0.4 is 0 Å². The van der Waals surface area contributed by atoms with E-state index in [4.69, 9.17) is 14.2 Å². The van der Waals surface area contributed by atoms with Crippen molar-refractivity contribution in [1.82, 2.24) is 0 Å². The molecule has 4 fully saturated rings. The van der Waals surface area contributed by atoms with Gasteiger partial charge < -0.3 is 14.2 Å². The predicted octanol–water partition coefficient (Wildman–Crippen LogP) is 3.95. The molecule has 0 aromatic heterocycles. The van der Waals surface area contributed by atoms with Gasteiger partial charge in [-0.05, 0) is 11.8 Å². The quantitative estimate of drug-likeness (QED) is 0.720. The lowest BCUT2D eigenvalue weighted by molar-refractivity contribution is 0.102. The number of rotatable bonds is 5. The maximum absolute atomic E-state index is 5.23. The second kappa shape index (κ2) is 8.50. The van der Waals surface area contributed by atoms with Crippen LogP contribution in [0.4, 0.5) is 0 Å². The average molecular weight is 296 g/mol. The van der Waals surface area contributed by atoms with Crippen LogP contribution in [0.5, 0.6) is 0 Å². The second-order valence-corrected chi connectivity index (χ2v) is 7.24. The van der Waals surface area contributed by atoms with Crippen LogP contribution in [0.2, 0.25) is 0 Å². The molecule has 0 amide bonds. The molecule has 0 aromatic carbocycles. The zero-order chi connectivity index (χ0) is 14.3. The minimum absolute atomic E-state index is 0.392. The Kier molecular flexibility index (Phi) is 6.38. The van der Waals surface area contributed by atoms with Gasteiger partial charge in [-0.1, -0.05) is 64.2 Å². The van der Waals surface area contributed by atoms with Crippen LogP contribution in [0.15, 0.2) is 0 Å². The van der Waals surface area contributed by atoms with Gasteiger partial charge in [0, 0.05) is 0 Å². The molecular weight excluding hydrogens is 264 g/mol. The maximum Gasteiger partial charge on any atom is 0.104 e. The molecular formula is C18H32O3. The van der Waals surface area contributed by atoms with Gasteiger partial charge in [-0.25, -0.2) is 0 Å². The standard InChI is InChI=1S/C12H22.C6H10O3/c1-3-7-11(8-4-1)12-9-5-2-6-10-12;1(5-3-8-5)7-2-6-4-9-6/h11-12H,1-10H2;5-6H,1-4H2. The minimum Gasteiger partial charge on any atom is -0.376 e. The summed E-state index contributed by atoms with van der Waals surface area (Å²) in [5, 5.41) is 0. The zero-order valence-electron chi connectivity index (χ0n) is 13.4. The molecule has 0 N–H and O–H groups in total. The lowest BCUT2D eigenvalue weighted by atomic mass is 9.73. The first-order chi connectivity index (χ1) is 10.4. The summed E-state index contributed by atoms with van der Waals surface area (Å²) in [5.41, 5.74) is 0. The molecule has 2 unspecified atom stereocenters. The van der Waals surface area contributed by atoms with Gasteiger partial charge in [0.1, 0.15) is 12.2 Å². The third kappa shape index (κ3) is 6.25. The van der Waals surface area contributed by atoms with Crippen molar-refractivity contribution in [2.24, 2.45) is 11.8 Å². The molecule has 4 aliphatic rings. The third-order valence-electron chi connectivity index (χ3n) is 5.38. The molecule has 0 radical (unpaired) electrons. The molecule has 2 saturated heterocycles. The fraction of sp³-hybridized carbons (Fsp3) is 1.00. The van der Waals surface area contributed by atoms with Crippen LogP contribution in [-0.2, 0) is 14.2 Å². The van der Waals surface area contributed by atoms with Crippen LogP contribution in [0.1, 0.15) is 64.2 Å². The molecule has 2 heterocycles. The first-order valence-corrected chi connectivity index (χ1v) is 9.23. The summed E-state index contributed by atoms with van der Waals surface area (Å²) in [5.74, 6) is 2.28. The highest BCUT2D eigenvalue weighted by molar-refractivity contribution is 4.76. The highest BCUT2D eigenvalue weighted by Gasteiger charge is 2.26. The van der Waals surface area contributed by atoms with Crippen molar-refractivity contribution >= 4 is 0 Å². The van der Waals surface area contributed by atoms with Gasteiger partial charge in [-0.3, -0.25) is 0 Å². The molecule has 0 aromatic rings. The van der Waals surface area contributed by atoms with E-state index in [9.17, 15) is 0 Å². The number of ether oxygens (including phenoxy) is 3. The number of hydrogen-bond donors (Lipinski definition) is 0. The van der Waals surface area contributed by atoms with E-state index in [1.165, 1.54) is 38.5 Å². The molecule has 3 heteroatoms. The summed E-state index contributed by atoms with van der Waals surface area (Å²) in [6.07, 6.45) is 16.2. The van der Waals surface area contributed by atoms with E-state index in [1.807, 2.05) is 0 Å². The van der Waals surface area contributed by atoms with Gasteiger partial charge >= 0.3 is 0 Å². The minimum atomic E-state index is 0.392. The number of hydrogen-bond acceptors (Lipinski definition) is 3. The fourth-order valence-corrected chi connectivity index (χ4v) is 3.87. The molecule has 4 rings (SSSR count).